The molecule has 4 heteroatoms. The number of aryl methyl sites for hydroxylation is 1. The maximum atomic E-state index is 6.09. The molecule has 0 bridgehead atoms. The van der Waals surface area contributed by atoms with Crippen molar-refractivity contribution in [2.45, 2.75) is 6.92 Å². The van der Waals surface area contributed by atoms with Crippen molar-refractivity contribution in [1.82, 2.24) is 4.90 Å². The summed E-state index contributed by atoms with van der Waals surface area (Å²) in [6.07, 6.45) is 4.17. The van der Waals surface area contributed by atoms with Crippen LogP contribution in [0.2, 0.25) is 5.02 Å². The molecule has 3 nitrogen and oxygen atoms in total. The zero-order chi connectivity index (χ0) is 13.7. The molecule has 0 unspecified atom stereocenters. The first kappa shape index (κ1) is 14.4. The van der Waals surface area contributed by atoms with Crippen molar-refractivity contribution in [3.8, 4) is 0 Å². The van der Waals surface area contributed by atoms with Crippen molar-refractivity contribution < 1.29 is 0 Å². The molecule has 0 saturated carbocycles. The van der Waals surface area contributed by atoms with Gasteiger partial charge in [-0.1, -0.05) is 29.8 Å². The molecule has 1 aliphatic rings. The number of piperazine rings is 1. The third kappa shape index (κ3) is 3.96. The molecule has 1 aliphatic heterocycles. The van der Waals surface area contributed by atoms with Crippen LogP contribution in [-0.2, 0) is 0 Å². The molecule has 0 amide bonds. The van der Waals surface area contributed by atoms with Crippen molar-refractivity contribution in [2.75, 3.05) is 44.2 Å². The van der Waals surface area contributed by atoms with E-state index in [-0.39, 0.29) is 0 Å². The van der Waals surface area contributed by atoms with Gasteiger partial charge < -0.3 is 10.6 Å². The van der Waals surface area contributed by atoms with Crippen molar-refractivity contribution in [3.05, 3.63) is 40.9 Å². The molecule has 1 aromatic rings. The van der Waals surface area contributed by atoms with Crippen LogP contribution in [0.5, 0.6) is 0 Å². The number of nitrogens with two attached hydrogens (primary N) is 1. The summed E-state index contributed by atoms with van der Waals surface area (Å²) in [5.41, 5.74) is 8.01. The quantitative estimate of drug-likeness (QED) is 0.859. The molecule has 104 valence electrons. The summed E-state index contributed by atoms with van der Waals surface area (Å²) in [5.74, 6) is 0. The van der Waals surface area contributed by atoms with Crippen molar-refractivity contribution >= 4 is 17.3 Å². The molecule has 0 radical (unpaired) electrons. The molecule has 1 fully saturated rings. The smallest absolute Gasteiger partial charge is 0.0426 e. The third-order valence-electron chi connectivity index (χ3n) is 3.55. The Morgan fingerprint density at radius 2 is 1.95 bits per heavy atom. The van der Waals surface area contributed by atoms with Gasteiger partial charge in [0, 0.05) is 50.0 Å². The van der Waals surface area contributed by atoms with E-state index < -0.39 is 0 Å². The zero-order valence-corrected chi connectivity index (χ0v) is 12.2. The van der Waals surface area contributed by atoms with E-state index in [2.05, 4.69) is 34.9 Å². The van der Waals surface area contributed by atoms with Crippen LogP contribution in [-0.4, -0.2) is 44.2 Å². The molecule has 0 atom stereocenters. The lowest BCUT2D eigenvalue weighted by molar-refractivity contribution is 0.284. The molecule has 0 aromatic heterocycles. The highest BCUT2D eigenvalue weighted by molar-refractivity contribution is 6.30. The van der Waals surface area contributed by atoms with Gasteiger partial charge in [-0.2, -0.15) is 0 Å². The van der Waals surface area contributed by atoms with Crippen LogP contribution in [0.15, 0.2) is 30.4 Å². The van der Waals surface area contributed by atoms with Gasteiger partial charge in [-0.3, -0.25) is 4.90 Å². The fourth-order valence-corrected chi connectivity index (χ4v) is 2.58. The summed E-state index contributed by atoms with van der Waals surface area (Å²) < 4.78 is 0. The van der Waals surface area contributed by atoms with Crippen LogP contribution < -0.4 is 10.6 Å². The van der Waals surface area contributed by atoms with E-state index >= 15 is 0 Å². The molecular weight excluding hydrogens is 258 g/mol. The average Bonchev–Trinajstić information content (AvgIpc) is 2.43. The molecule has 0 spiro atoms. The van der Waals surface area contributed by atoms with E-state index in [0.29, 0.717) is 6.54 Å². The summed E-state index contributed by atoms with van der Waals surface area (Å²) in [7, 11) is 0. The molecule has 1 aromatic carbocycles. The van der Waals surface area contributed by atoms with Crippen LogP contribution in [0.1, 0.15) is 5.56 Å². The van der Waals surface area contributed by atoms with Crippen LogP contribution in [0.25, 0.3) is 0 Å². The Labute approximate surface area is 120 Å². The Balaban J connectivity index is 1.92. The Kier molecular flexibility index (Phi) is 5.25. The minimum Gasteiger partial charge on any atom is -0.369 e. The Morgan fingerprint density at radius 1 is 1.21 bits per heavy atom. The predicted molar refractivity (Wildman–Crippen MR) is 83.0 cm³/mol. The Hall–Kier alpha value is -1.03. The zero-order valence-electron chi connectivity index (χ0n) is 11.5. The molecule has 2 rings (SSSR count). The van der Waals surface area contributed by atoms with Gasteiger partial charge in [-0.05, 0) is 24.6 Å². The predicted octanol–water partition coefficient (Wildman–Crippen LogP) is 2.29. The average molecular weight is 280 g/mol. The second kappa shape index (κ2) is 6.94. The maximum Gasteiger partial charge on any atom is 0.0426 e. The first-order valence-electron chi connectivity index (χ1n) is 6.79. The van der Waals surface area contributed by atoms with Crippen LogP contribution in [0.4, 0.5) is 5.69 Å². The number of anilines is 1. The molecule has 1 heterocycles. The maximum absolute atomic E-state index is 6.09. The number of nitrogens with zero attached hydrogens (tertiary/aromatic N) is 2. The second-order valence-electron chi connectivity index (χ2n) is 4.93. The fraction of sp³-hybridized carbons (Fsp3) is 0.467. The van der Waals surface area contributed by atoms with Gasteiger partial charge in [0.1, 0.15) is 0 Å². The standard InChI is InChI=1S/C15H22ClN3/c1-13-4-5-14(16)12-15(13)19-10-8-18(9-11-19)7-3-2-6-17/h2-5,12H,6-11,17H2,1H3/b3-2-. The third-order valence-corrected chi connectivity index (χ3v) is 3.79. The van der Waals surface area contributed by atoms with E-state index in [0.717, 1.165) is 37.7 Å². The highest BCUT2D eigenvalue weighted by Crippen LogP contribution is 2.25. The lowest BCUT2D eigenvalue weighted by Crippen LogP contribution is -2.46. The lowest BCUT2D eigenvalue weighted by Gasteiger charge is -2.36. The van der Waals surface area contributed by atoms with Gasteiger partial charge in [0.25, 0.3) is 0 Å². The summed E-state index contributed by atoms with van der Waals surface area (Å²) in [6, 6.07) is 6.11. The van der Waals surface area contributed by atoms with E-state index in [1.165, 1.54) is 11.3 Å². The van der Waals surface area contributed by atoms with Crippen molar-refractivity contribution in [2.24, 2.45) is 5.73 Å². The van der Waals surface area contributed by atoms with Gasteiger partial charge in [-0.25, -0.2) is 0 Å². The first-order valence-corrected chi connectivity index (χ1v) is 7.17. The minimum absolute atomic E-state index is 0.627. The highest BCUT2D eigenvalue weighted by Gasteiger charge is 2.17. The number of hydrogen-bond donors (Lipinski definition) is 1. The van der Waals surface area contributed by atoms with Gasteiger partial charge >= 0.3 is 0 Å². The van der Waals surface area contributed by atoms with Gasteiger partial charge in [-0.15, -0.1) is 0 Å². The summed E-state index contributed by atoms with van der Waals surface area (Å²) >= 11 is 6.09. The van der Waals surface area contributed by atoms with Gasteiger partial charge in [0.2, 0.25) is 0 Å². The molecular formula is C15H22ClN3. The van der Waals surface area contributed by atoms with Crippen LogP contribution in [0.3, 0.4) is 0 Å². The monoisotopic (exact) mass is 279 g/mol. The minimum atomic E-state index is 0.627. The largest absolute Gasteiger partial charge is 0.369 e. The van der Waals surface area contributed by atoms with E-state index in [1.807, 2.05) is 12.1 Å². The topological polar surface area (TPSA) is 32.5 Å². The van der Waals surface area contributed by atoms with Crippen LogP contribution in [0, 0.1) is 6.92 Å². The summed E-state index contributed by atoms with van der Waals surface area (Å²) in [4.78, 5) is 4.87. The van der Waals surface area contributed by atoms with E-state index in [9.17, 15) is 0 Å². The SMILES string of the molecule is Cc1ccc(Cl)cc1N1CCN(C/C=C\CN)CC1. The van der Waals surface area contributed by atoms with Crippen LogP contribution >= 0.6 is 11.6 Å². The molecule has 0 aliphatic carbocycles. The Morgan fingerprint density at radius 3 is 2.63 bits per heavy atom. The highest BCUT2D eigenvalue weighted by atomic mass is 35.5. The van der Waals surface area contributed by atoms with Crippen molar-refractivity contribution in [1.29, 1.82) is 0 Å². The molecule has 2 N–H and O–H groups in total. The lowest BCUT2D eigenvalue weighted by atomic mass is 10.1. The van der Waals surface area contributed by atoms with Crippen molar-refractivity contribution in [3.63, 3.8) is 0 Å². The number of rotatable bonds is 4. The number of benzene rings is 1. The second-order valence-corrected chi connectivity index (χ2v) is 5.36. The Bertz CT molecular complexity index is 437. The summed E-state index contributed by atoms with van der Waals surface area (Å²) in [6.45, 7) is 8.04. The number of hydrogen-bond acceptors (Lipinski definition) is 3. The number of halogens is 1. The molecule has 1 saturated heterocycles. The summed E-state index contributed by atoms with van der Waals surface area (Å²) in [5, 5.41) is 0.814. The normalized spacial score (nSPS) is 17.3. The fourth-order valence-electron chi connectivity index (χ4n) is 2.41. The van der Waals surface area contributed by atoms with Gasteiger partial charge in [0.05, 0.1) is 0 Å². The van der Waals surface area contributed by atoms with E-state index in [1.54, 1.807) is 0 Å². The van der Waals surface area contributed by atoms with E-state index in [4.69, 9.17) is 17.3 Å². The first-order chi connectivity index (χ1) is 9.20. The molecule has 19 heavy (non-hydrogen) atoms. The van der Waals surface area contributed by atoms with Gasteiger partial charge in [0.15, 0.2) is 0 Å².